The Morgan fingerprint density at radius 2 is 1.69 bits per heavy atom. The second kappa shape index (κ2) is 8.42. The minimum atomic E-state index is -0.205. The van der Waals surface area contributed by atoms with Crippen LogP contribution in [0.3, 0.4) is 0 Å². The van der Waals surface area contributed by atoms with E-state index < -0.39 is 0 Å². The number of amides is 1. The summed E-state index contributed by atoms with van der Waals surface area (Å²) in [6, 6.07) is 6.73. The Labute approximate surface area is 153 Å². The predicted molar refractivity (Wildman–Crippen MR) is 99.8 cm³/mol. The number of carbonyl (C=O) groups is 1. The third-order valence-corrected chi connectivity index (χ3v) is 4.01. The number of pyridine rings is 1. The van der Waals surface area contributed by atoms with Crippen molar-refractivity contribution in [2.24, 2.45) is 0 Å². The third-order valence-electron chi connectivity index (χ3n) is 4.01. The lowest BCUT2D eigenvalue weighted by atomic mass is 10.1. The molecule has 0 bridgehead atoms. The lowest BCUT2D eigenvalue weighted by molar-refractivity contribution is 0.0682. The number of anilines is 1. The summed E-state index contributed by atoms with van der Waals surface area (Å²) in [7, 11) is 4.70. The summed E-state index contributed by atoms with van der Waals surface area (Å²) in [6.45, 7) is 4.21. The summed E-state index contributed by atoms with van der Waals surface area (Å²) in [6.07, 6.45) is 1.53. The number of benzene rings is 1. The molecule has 2 aromatic rings. The van der Waals surface area contributed by atoms with Gasteiger partial charge in [-0.15, -0.1) is 0 Å². The van der Waals surface area contributed by atoms with Gasteiger partial charge in [0.15, 0.2) is 11.5 Å². The Morgan fingerprint density at radius 1 is 1.08 bits per heavy atom. The van der Waals surface area contributed by atoms with E-state index in [0.29, 0.717) is 35.2 Å². The van der Waals surface area contributed by atoms with Crippen LogP contribution in [0.5, 0.6) is 17.2 Å². The van der Waals surface area contributed by atoms with E-state index >= 15 is 0 Å². The first-order valence-electron chi connectivity index (χ1n) is 8.22. The number of aromatic nitrogens is 1. The minimum Gasteiger partial charge on any atom is -0.496 e. The number of nitrogen functional groups attached to an aromatic ring is 1. The van der Waals surface area contributed by atoms with Crippen molar-refractivity contribution in [2.75, 3.05) is 27.1 Å². The molecule has 2 rings (SSSR count). The summed E-state index contributed by atoms with van der Waals surface area (Å²) in [4.78, 5) is 18.8. The maximum atomic E-state index is 12.9. The van der Waals surface area contributed by atoms with Crippen LogP contribution in [-0.2, 0) is 6.54 Å². The van der Waals surface area contributed by atoms with Crippen LogP contribution in [0.2, 0.25) is 0 Å². The van der Waals surface area contributed by atoms with Gasteiger partial charge in [-0.3, -0.25) is 9.78 Å². The van der Waals surface area contributed by atoms with Crippen molar-refractivity contribution in [1.82, 2.24) is 9.88 Å². The van der Waals surface area contributed by atoms with Gasteiger partial charge in [0.1, 0.15) is 11.4 Å². The van der Waals surface area contributed by atoms with Gasteiger partial charge in [-0.25, -0.2) is 0 Å². The lowest BCUT2D eigenvalue weighted by Gasteiger charge is -2.27. The van der Waals surface area contributed by atoms with Gasteiger partial charge >= 0.3 is 0 Å². The maximum Gasteiger partial charge on any atom is 0.273 e. The smallest absolute Gasteiger partial charge is 0.273 e. The van der Waals surface area contributed by atoms with Crippen LogP contribution in [0.15, 0.2) is 30.5 Å². The Morgan fingerprint density at radius 3 is 2.23 bits per heavy atom. The fraction of sp³-hybridized carbons (Fsp3) is 0.368. The zero-order valence-corrected chi connectivity index (χ0v) is 15.8. The van der Waals surface area contributed by atoms with E-state index in [0.717, 1.165) is 5.56 Å². The first-order valence-corrected chi connectivity index (χ1v) is 8.22. The van der Waals surface area contributed by atoms with Crippen molar-refractivity contribution < 1.29 is 19.0 Å². The van der Waals surface area contributed by atoms with Gasteiger partial charge in [-0.2, -0.15) is 0 Å². The van der Waals surface area contributed by atoms with Crippen LogP contribution in [0.25, 0.3) is 0 Å². The molecule has 1 aromatic carbocycles. The molecule has 0 fully saturated rings. The van der Waals surface area contributed by atoms with Crippen molar-refractivity contribution in [3.05, 3.63) is 41.7 Å². The molecule has 0 radical (unpaired) electrons. The molecule has 7 heteroatoms. The molecule has 0 aliphatic rings. The average Bonchev–Trinajstić information content (AvgIpc) is 2.64. The Bertz CT molecular complexity index is 777. The van der Waals surface area contributed by atoms with Gasteiger partial charge in [0.25, 0.3) is 5.91 Å². The second-order valence-corrected chi connectivity index (χ2v) is 6.02. The summed E-state index contributed by atoms with van der Waals surface area (Å²) < 4.78 is 16.1. The molecule has 0 saturated heterocycles. The zero-order chi connectivity index (χ0) is 19.3. The molecule has 0 unspecified atom stereocenters. The quantitative estimate of drug-likeness (QED) is 0.818. The number of nitrogens with zero attached hydrogens (tertiary/aromatic N) is 2. The van der Waals surface area contributed by atoms with Crippen LogP contribution in [0.4, 0.5) is 5.69 Å². The highest BCUT2D eigenvalue weighted by molar-refractivity contribution is 5.93. The number of hydrogen-bond acceptors (Lipinski definition) is 6. The fourth-order valence-corrected chi connectivity index (χ4v) is 2.60. The molecular weight excluding hydrogens is 334 g/mol. The predicted octanol–water partition coefficient (Wildman–Crippen LogP) is 2.74. The van der Waals surface area contributed by atoms with E-state index in [1.165, 1.54) is 6.20 Å². The lowest BCUT2D eigenvalue weighted by Crippen LogP contribution is -2.37. The Hall–Kier alpha value is -2.96. The van der Waals surface area contributed by atoms with E-state index in [-0.39, 0.29) is 11.9 Å². The van der Waals surface area contributed by atoms with Gasteiger partial charge in [0.05, 0.1) is 27.9 Å². The fourth-order valence-electron chi connectivity index (χ4n) is 2.60. The molecule has 1 amide bonds. The summed E-state index contributed by atoms with van der Waals surface area (Å²) in [5.74, 6) is 1.54. The first kappa shape index (κ1) is 19.4. The number of carbonyl (C=O) groups excluding carboxylic acids is 1. The van der Waals surface area contributed by atoms with Crippen LogP contribution in [-0.4, -0.2) is 43.2 Å². The highest BCUT2D eigenvalue weighted by Crippen LogP contribution is 2.35. The largest absolute Gasteiger partial charge is 0.496 e. The summed E-state index contributed by atoms with van der Waals surface area (Å²) >= 11 is 0. The molecule has 0 atom stereocenters. The number of methoxy groups -OCH3 is 3. The highest BCUT2D eigenvalue weighted by Gasteiger charge is 2.23. The maximum absolute atomic E-state index is 12.9. The van der Waals surface area contributed by atoms with Gasteiger partial charge in [0.2, 0.25) is 0 Å². The van der Waals surface area contributed by atoms with Gasteiger partial charge < -0.3 is 24.8 Å². The highest BCUT2D eigenvalue weighted by atomic mass is 16.5. The van der Waals surface area contributed by atoms with Crippen molar-refractivity contribution >= 4 is 11.6 Å². The monoisotopic (exact) mass is 359 g/mol. The zero-order valence-electron chi connectivity index (χ0n) is 15.8. The second-order valence-electron chi connectivity index (χ2n) is 6.02. The molecule has 0 saturated carbocycles. The molecule has 1 aromatic heterocycles. The van der Waals surface area contributed by atoms with E-state index in [2.05, 4.69) is 4.98 Å². The number of nitrogens with two attached hydrogens (primary N) is 1. The average molecular weight is 359 g/mol. The van der Waals surface area contributed by atoms with Crippen LogP contribution in [0.1, 0.15) is 29.9 Å². The molecule has 0 spiro atoms. The molecule has 0 aliphatic carbocycles. The number of hydrogen-bond donors (Lipinski definition) is 1. The molecule has 26 heavy (non-hydrogen) atoms. The van der Waals surface area contributed by atoms with Gasteiger partial charge in [0, 0.05) is 29.6 Å². The number of rotatable bonds is 7. The van der Waals surface area contributed by atoms with Crippen molar-refractivity contribution in [3.63, 3.8) is 0 Å². The Kier molecular flexibility index (Phi) is 6.27. The van der Waals surface area contributed by atoms with Crippen molar-refractivity contribution in [2.45, 2.75) is 26.4 Å². The van der Waals surface area contributed by atoms with Crippen LogP contribution in [0, 0.1) is 0 Å². The standard InChI is InChI=1S/C19H25N3O4/c1-12(2)22(19(23)15-9-14(20)6-7-21-15)11-13-8-17(25-4)18(26-5)10-16(13)24-3/h6-10,12H,11H2,1-5H3,(H2,20,21). The Balaban J connectivity index is 2.40. The topological polar surface area (TPSA) is 86.9 Å². The minimum absolute atomic E-state index is 0.0523. The first-order chi connectivity index (χ1) is 12.4. The van der Waals surface area contributed by atoms with Gasteiger partial charge in [-0.05, 0) is 32.0 Å². The van der Waals surface area contributed by atoms with E-state index in [1.54, 1.807) is 44.4 Å². The van der Waals surface area contributed by atoms with Gasteiger partial charge in [-0.1, -0.05) is 0 Å². The molecule has 140 valence electrons. The molecule has 7 nitrogen and oxygen atoms in total. The molecular formula is C19H25N3O4. The van der Waals surface area contributed by atoms with E-state index in [4.69, 9.17) is 19.9 Å². The molecule has 0 aliphatic heterocycles. The van der Waals surface area contributed by atoms with E-state index in [9.17, 15) is 4.79 Å². The summed E-state index contributed by atoms with van der Waals surface area (Å²) in [5.41, 5.74) is 7.38. The summed E-state index contributed by atoms with van der Waals surface area (Å²) in [5, 5.41) is 0. The molecule has 1 heterocycles. The third kappa shape index (κ3) is 4.17. The SMILES string of the molecule is COc1cc(OC)c(OC)cc1CN(C(=O)c1cc(N)ccn1)C(C)C. The van der Waals surface area contributed by atoms with Crippen molar-refractivity contribution in [3.8, 4) is 17.2 Å². The normalized spacial score (nSPS) is 10.5. The van der Waals surface area contributed by atoms with Crippen LogP contribution < -0.4 is 19.9 Å². The van der Waals surface area contributed by atoms with Crippen LogP contribution >= 0.6 is 0 Å². The number of ether oxygens (including phenoxy) is 3. The van der Waals surface area contributed by atoms with E-state index in [1.807, 2.05) is 19.9 Å². The molecule has 2 N–H and O–H groups in total. The van der Waals surface area contributed by atoms with Crippen molar-refractivity contribution in [1.29, 1.82) is 0 Å².